The average Bonchev–Trinajstić information content (AvgIpc) is 2.68. The second kappa shape index (κ2) is 8.16. The molecule has 0 aliphatic carbocycles. The third-order valence-electron chi connectivity index (χ3n) is 4.06. The summed E-state index contributed by atoms with van der Waals surface area (Å²) in [6.45, 7) is 0. The maximum Gasteiger partial charge on any atom is 0.244 e. The molecule has 0 aliphatic rings. The number of ether oxygens (including phenoxy) is 2. The molecular weight excluding hydrogens is 328 g/mol. The summed E-state index contributed by atoms with van der Waals surface area (Å²) in [6, 6.07) is 19.2. The quantitative estimate of drug-likeness (QED) is 0.547. The van der Waals surface area contributed by atoms with E-state index in [1.165, 1.54) is 0 Å². The molecule has 26 heavy (non-hydrogen) atoms. The number of benzene rings is 3. The highest BCUT2D eigenvalue weighted by atomic mass is 16.5. The van der Waals surface area contributed by atoms with Crippen molar-refractivity contribution in [2.45, 2.75) is 6.42 Å². The van der Waals surface area contributed by atoms with Gasteiger partial charge in [0.2, 0.25) is 5.91 Å². The van der Waals surface area contributed by atoms with Gasteiger partial charge < -0.3 is 9.47 Å². The van der Waals surface area contributed by atoms with Crippen LogP contribution in [-0.2, 0) is 11.2 Å². The fraction of sp³-hybridized carbons (Fsp3) is 0.143. The molecule has 0 aromatic heterocycles. The van der Waals surface area contributed by atoms with E-state index in [0.717, 1.165) is 27.6 Å². The minimum Gasteiger partial charge on any atom is -0.497 e. The van der Waals surface area contributed by atoms with Crippen LogP contribution in [0.25, 0.3) is 10.8 Å². The van der Waals surface area contributed by atoms with E-state index in [-0.39, 0.29) is 12.3 Å². The first kappa shape index (κ1) is 17.5. The van der Waals surface area contributed by atoms with Crippen LogP contribution in [0.15, 0.2) is 65.8 Å². The molecule has 132 valence electrons. The molecule has 0 radical (unpaired) electrons. The normalized spacial score (nSPS) is 10.8. The Labute approximate surface area is 152 Å². The second-order valence-corrected chi connectivity index (χ2v) is 5.72. The van der Waals surface area contributed by atoms with Crippen LogP contribution < -0.4 is 14.9 Å². The monoisotopic (exact) mass is 348 g/mol. The minimum atomic E-state index is -0.189. The van der Waals surface area contributed by atoms with E-state index in [2.05, 4.69) is 10.5 Å². The molecule has 5 nitrogen and oxygen atoms in total. The molecule has 3 rings (SSSR count). The summed E-state index contributed by atoms with van der Waals surface area (Å²) in [6.07, 6.45) is 1.86. The van der Waals surface area contributed by atoms with Gasteiger partial charge in [-0.15, -0.1) is 0 Å². The number of nitrogens with zero attached hydrogens (tertiary/aromatic N) is 1. The molecular formula is C21H20N2O3. The molecule has 0 atom stereocenters. The van der Waals surface area contributed by atoms with Gasteiger partial charge in [0.1, 0.15) is 11.5 Å². The number of hydrazone groups is 1. The molecule has 0 saturated carbocycles. The Morgan fingerprint density at radius 2 is 1.77 bits per heavy atom. The standard InChI is InChI=1S/C21H20N2O3/c1-25-17-10-7-15(8-11-17)13-21(24)23-22-14-19-18-6-4-3-5-16(18)9-12-20(19)26-2/h3-12,14H,13H2,1-2H3,(H,23,24)/b22-14-. The smallest absolute Gasteiger partial charge is 0.244 e. The van der Waals surface area contributed by atoms with Crippen LogP contribution in [0.1, 0.15) is 11.1 Å². The third-order valence-corrected chi connectivity index (χ3v) is 4.06. The maximum absolute atomic E-state index is 12.1. The zero-order valence-electron chi connectivity index (χ0n) is 14.7. The van der Waals surface area contributed by atoms with Crippen molar-refractivity contribution in [2.75, 3.05) is 14.2 Å². The molecule has 1 amide bonds. The maximum atomic E-state index is 12.1. The van der Waals surface area contributed by atoms with E-state index in [1.54, 1.807) is 20.4 Å². The molecule has 0 heterocycles. The van der Waals surface area contributed by atoms with Crippen molar-refractivity contribution in [1.82, 2.24) is 5.43 Å². The summed E-state index contributed by atoms with van der Waals surface area (Å²) in [5.41, 5.74) is 4.29. The predicted molar refractivity (Wildman–Crippen MR) is 103 cm³/mol. The Balaban J connectivity index is 1.71. The molecule has 0 bridgehead atoms. The molecule has 0 spiro atoms. The lowest BCUT2D eigenvalue weighted by Gasteiger charge is -2.08. The molecule has 3 aromatic rings. The molecule has 0 unspecified atom stereocenters. The van der Waals surface area contributed by atoms with Gasteiger partial charge in [-0.05, 0) is 34.5 Å². The molecule has 0 fully saturated rings. The first-order valence-corrected chi connectivity index (χ1v) is 8.22. The Morgan fingerprint density at radius 3 is 2.50 bits per heavy atom. The van der Waals surface area contributed by atoms with Crippen molar-refractivity contribution in [2.24, 2.45) is 5.10 Å². The number of hydrogen-bond acceptors (Lipinski definition) is 4. The van der Waals surface area contributed by atoms with Crippen LogP contribution in [0.4, 0.5) is 0 Å². The lowest BCUT2D eigenvalue weighted by molar-refractivity contribution is -0.120. The fourth-order valence-corrected chi connectivity index (χ4v) is 2.72. The Kier molecular flexibility index (Phi) is 5.49. The molecule has 5 heteroatoms. The number of hydrogen-bond donors (Lipinski definition) is 1. The molecule has 0 aliphatic heterocycles. The summed E-state index contributed by atoms with van der Waals surface area (Å²) in [5, 5.41) is 6.20. The number of amides is 1. The van der Waals surface area contributed by atoms with Crippen molar-refractivity contribution in [3.05, 3.63) is 71.8 Å². The number of nitrogens with one attached hydrogen (secondary N) is 1. The van der Waals surface area contributed by atoms with Gasteiger partial charge >= 0.3 is 0 Å². The number of carbonyl (C=O) groups excluding carboxylic acids is 1. The fourth-order valence-electron chi connectivity index (χ4n) is 2.72. The van der Waals surface area contributed by atoms with Crippen molar-refractivity contribution in [3.63, 3.8) is 0 Å². The summed E-state index contributed by atoms with van der Waals surface area (Å²) < 4.78 is 10.5. The predicted octanol–water partition coefficient (Wildman–Crippen LogP) is 3.55. The molecule has 1 N–H and O–H groups in total. The number of carbonyl (C=O) groups is 1. The topological polar surface area (TPSA) is 59.9 Å². The van der Waals surface area contributed by atoms with Gasteiger partial charge in [-0.2, -0.15) is 5.10 Å². The van der Waals surface area contributed by atoms with Crippen LogP contribution in [-0.4, -0.2) is 26.3 Å². The zero-order chi connectivity index (χ0) is 18.4. The Morgan fingerprint density at radius 1 is 1.00 bits per heavy atom. The third kappa shape index (κ3) is 4.00. The number of fused-ring (bicyclic) bond motifs is 1. The van der Waals surface area contributed by atoms with Crippen LogP contribution >= 0.6 is 0 Å². The summed E-state index contributed by atoms with van der Waals surface area (Å²) in [7, 11) is 3.22. The largest absolute Gasteiger partial charge is 0.497 e. The number of rotatable bonds is 6. The lowest BCUT2D eigenvalue weighted by Crippen LogP contribution is -2.19. The van der Waals surface area contributed by atoms with Gasteiger partial charge in [0.25, 0.3) is 0 Å². The van der Waals surface area contributed by atoms with Gasteiger partial charge in [0, 0.05) is 5.56 Å². The first-order valence-electron chi connectivity index (χ1n) is 8.22. The lowest BCUT2D eigenvalue weighted by atomic mass is 10.0. The van der Waals surface area contributed by atoms with E-state index < -0.39 is 0 Å². The zero-order valence-corrected chi connectivity index (χ0v) is 14.7. The van der Waals surface area contributed by atoms with Gasteiger partial charge in [0.05, 0.1) is 26.9 Å². The van der Waals surface area contributed by atoms with Crippen molar-refractivity contribution in [1.29, 1.82) is 0 Å². The van der Waals surface area contributed by atoms with E-state index in [4.69, 9.17) is 9.47 Å². The Bertz CT molecular complexity index is 934. The van der Waals surface area contributed by atoms with Crippen molar-refractivity contribution < 1.29 is 14.3 Å². The van der Waals surface area contributed by atoms with E-state index in [9.17, 15) is 4.79 Å². The second-order valence-electron chi connectivity index (χ2n) is 5.72. The van der Waals surface area contributed by atoms with E-state index >= 15 is 0 Å². The highest BCUT2D eigenvalue weighted by molar-refractivity contribution is 6.02. The van der Waals surface area contributed by atoms with E-state index in [0.29, 0.717) is 5.75 Å². The van der Waals surface area contributed by atoms with Crippen LogP contribution in [0.3, 0.4) is 0 Å². The Hall–Kier alpha value is -3.34. The molecule has 3 aromatic carbocycles. The van der Waals surface area contributed by atoms with Crippen LogP contribution in [0.2, 0.25) is 0 Å². The molecule has 0 saturated heterocycles. The average molecular weight is 348 g/mol. The van der Waals surface area contributed by atoms with Gasteiger partial charge in [-0.25, -0.2) is 5.43 Å². The minimum absolute atomic E-state index is 0.189. The van der Waals surface area contributed by atoms with Gasteiger partial charge in [-0.3, -0.25) is 4.79 Å². The van der Waals surface area contributed by atoms with Gasteiger partial charge in [0.15, 0.2) is 0 Å². The van der Waals surface area contributed by atoms with Gasteiger partial charge in [-0.1, -0.05) is 42.5 Å². The SMILES string of the molecule is COc1ccc(CC(=O)N/N=C\c2c(OC)ccc3ccccc23)cc1. The highest BCUT2D eigenvalue weighted by Crippen LogP contribution is 2.26. The first-order chi connectivity index (χ1) is 12.7. The highest BCUT2D eigenvalue weighted by Gasteiger charge is 2.07. The van der Waals surface area contributed by atoms with Crippen LogP contribution in [0, 0.1) is 0 Å². The van der Waals surface area contributed by atoms with Crippen molar-refractivity contribution >= 4 is 22.9 Å². The van der Waals surface area contributed by atoms with Crippen molar-refractivity contribution in [3.8, 4) is 11.5 Å². The summed E-state index contributed by atoms with van der Waals surface area (Å²) in [5.74, 6) is 1.28. The summed E-state index contributed by atoms with van der Waals surface area (Å²) in [4.78, 5) is 12.1. The summed E-state index contributed by atoms with van der Waals surface area (Å²) >= 11 is 0. The van der Waals surface area contributed by atoms with E-state index in [1.807, 2.05) is 60.7 Å². The van der Waals surface area contributed by atoms with Crippen LogP contribution in [0.5, 0.6) is 11.5 Å². The number of methoxy groups -OCH3 is 2.